The van der Waals surface area contributed by atoms with Crippen LogP contribution in [0.1, 0.15) is 63.6 Å². The Labute approximate surface area is 136 Å². The fourth-order valence-electron chi connectivity index (χ4n) is 2.59. The van der Waals surface area contributed by atoms with Crippen molar-refractivity contribution < 1.29 is 9.90 Å². The first-order valence-electron chi connectivity index (χ1n) is 7.97. The minimum absolute atomic E-state index is 0.0290. The van der Waals surface area contributed by atoms with Crippen LogP contribution in [0.3, 0.4) is 0 Å². The number of carbonyl (C=O) groups is 1. The third-order valence-corrected chi connectivity index (χ3v) is 4.93. The van der Waals surface area contributed by atoms with Gasteiger partial charge in [-0.15, -0.1) is 11.3 Å². The van der Waals surface area contributed by atoms with E-state index in [1.807, 2.05) is 5.38 Å². The number of hydrogen-bond acceptors (Lipinski definition) is 4. The fraction of sp³-hybridized carbons (Fsp3) is 0.750. The number of urea groups is 1. The summed E-state index contributed by atoms with van der Waals surface area (Å²) in [6, 6.07) is -0.244. The molecule has 0 saturated heterocycles. The Kier molecular flexibility index (Phi) is 5.45. The van der Waals surface area contributed by atoms with Crippen LogP contribution in [-0.2, 0) is 12.0 Å². The van der Waals surface area contributed by atoms with Gasteiger partial charge in [0.25, 0.3) is 0 Å². The summed E-state index contributed by atoms with van der Waals surface area (Å²) in [4.78, 5) is 16.4. The van der Waals surface area contributed by atoms with Gasteiger partial charge in [-0.3, -0.25) is 0 Å². The Morgan fingerprint density at radius 1 is 1.32 bits per heavy atom. The van der Waals surface area contributed by atoms with E-state index in [0.717, 1.165) is 36.4 Å². The van der Waals surface area contributed by atoms with Gasteiger partial charge in [0.1, 0.15) is 5.01 Å². The van der Waals surface area contributed by atoms with E-state index in [1.165, 1.54) is 6.42 Å². The lowest BCUT2D eigenvalue weighted by Gasteiger charge is -2.32. The molecule has 1 fully saturated rings. The topological polar surface area (TPSA) is 74.2 Å². The average Bonchev–Trinajstić information content (AvgIpc) is 2.93. The Morgan fingerprint density at radius 2 is 2.00 bits per heavy atom. The lowest BCUT2D eigenvalue weighted by molar-refractivity contribution is 0.00719. The van der Waals surface area contributed by atoms with E-state index < -0.39 is 5.60 Å². The van der Waals surface area contributed by atoms with Gasteiger partial charge < -0.3 is 15.7 Å². The second-order valence-electron chi connectivity index (χ2n) is 7.20. The van der Waals surface area contributed by atoms with Gasteiger partial charge in [0, 0.05) is 17.3 Å². The quantitative estimate of drug-likeness (QED) is 0.797. The van der Waals surface area contributed by atoms with Crippen LogP contribution in [0, 0.1) is 0 Å². The van der Waals surface area contributed by atoms with Crippen LogP contribution in [0.25, 0.3) is 0 Å². The lowest BCUT2D eigenvalue weighted by Crippen LogP contribution is -2.47. The molecule has 1 aliphatic carbocycles. The normalized spacial score (nSPS) is 18.0. The highest BCUT2D eigenvalue weighted by Gasteiger charge is 2.29. The number of nitrogens with one attached hydrogen (secondary N) is 2. The summed E-state index contributed by atoms with van der Waals surface area (Å²) in [5.74, 6) is 0. The molecule has 5 nitrogen and oxygen atoms in total. The molecular formula is C16H27N3O2S. The van der Waals surface area contributed by atoms with E-state index in [0.29, 0.717) is 13.1 Å². The van der Waals surface area contributed by atoms with Gasteiger partial charge in [-0.2, -0.15) is 0 Å². The van der Waals surface area contributed by atoms with Gasteiger partial charge in [-0.05, 0) is 12.8 Å². The molecule has 0 bridgehead atoms. The monoisotopic (exact) mass is 325 g/mol. The SMILES string of the molecule is CC(C)(C)c1csc(CNC(=O)NCC2(O)CCCCC2)n1. The van der Waals surface area contributed by atoms with Gasteiger partial charge in [0.05, 0.1) is 17.8 Å². The van der Waals surface area contributed by atoms with Gasteiger partial charge in [-0.1, -0.05) is 40.0 Å². The maximum Gasteiger partial charge on any atom is 0.315 e. The Balaban J connectivity index is 1.74. The van der Waals surface area contributed by atoms with E-state index >= 15 is 0 Å². The third kappa shape index (κ3) is 4.95. The number of rotatable bonds is 4. The van der Waals surface area contributed by atoms with E-state index in [2.05, 4.69) is 36.4 Å². The predicted molar refractivity (Wildman–Crippen MR) is 89.1 cm³/mol. The minimum Gasteiger partial charge on any atom is -0.388 e. The number of carbonyl (C=O) groups excluding carboxylic acids is 1. The summed E-state index contributed by atoms with van der Waals surface area (Å²) in [5.41, 5.74) is 0.350. The number of hydrogen-bond donors (Lipinski definition) is 3. The molecule has 1 saturated carbocycles. The Bertz CT molecular complexity index is 502. The maximum atomic E-state index is 11.8. The van der Waals surface area contributed by atoms with Crippen molar-refractivity contribution in [2.24, 2.45) is 0 Å². The Morgan fingerprint density at radius 3 is 2.59 bits per heavy atom. The van der Waals surface area contributed by atoms with Crippen LogP contribution in [-0.4, -0.2) is 28.3 Å². The van der Waals surface area contributed by atoms with Crippen LogP contribution in [0.15, 0.2) is 5.38 Å². The molecule has 2 rings (SSSR count). The zero-order chi connectivity index (χ0) is 16.2. The molecular weight excluding hydrogens is 298 g/mol. The molecule has 1 aromatic rings. The molecule has 3 N–H and O–H groups in total. The molecule has 0 spiro atoms. The van der Waals surface area contributed by atoms with Crippen molar-refractivity contribution in [3.8, 4) is 0 Å². The largest absolute Gasteiger partial charge is 0.388 e. The second-order valence-corrected chi connectivity index (χ2v) is 8.14. The summed E-state index contributed by atoms with van der Waals surface area (Å²) in [5, 5.41) is 18.9. The van der Waals surface area contributed by atoms with Crippen molar-refractivity contribution in [1.82, 2.24) is 15.6 Å². The zero-order valence-corrected chi connectivity index (χ0v) is 14.6. The zero-order valence-electron chi connectivity index (χ0n) is 13.7. The first kappa shape index (κ1) is 17.2. The molecule has 0 aromatic carbocycles. The van der Waals surface area contributed by atoms with Crippen molar-refractivity contribution in [3.63, 3.8) is 0 Å². The van der Waals surface area contributed by atoms with Gasteiger partial charge in [0.2, 0.25) is 0 Å². The smallest absolute Gasteiger partial charge is 0.315 e. The summed E-state index contributed by atoms with van der Waals surface area (Å²) in [6.07, 6.45) is 4.79. The van der Waals surface area contributed by atoms with Crippen LogP contribution < -0.4 is 10.6 Å². The summed E-state index contributed by atoms with van der Waals surface area (Å²) < 4.78 is 0. The molecule has 0 radical (unpaired) electrons. The molecule has 0 atom stereocenters. The number of aliphatic hydroxyl groups is 1. The van der Waals surface area contributed by atoms with E-state index in [-0.39, 0.29) is 11.4 Å². The maximum absolute atomic E-state index is 11.8. The third-order valence-electron chi connectivity index (χ3n) is 4.08. The number of thiazole rings is 1. The van der Waals surface area contributed by atoms with Gasteiger partial charge >= 0.3 is 6.03 Å². The van der Waals surface area contributed by atoms with Gasteiger partial charge in [-0.25, -0.2) is 9.78 Å². The molecule has 124 valence electrons. The molecule has 2 amide bonds. The molecule has 0 unspecified atom stereocenters. The number of nitrogens with zero attached hydrogens (tertiary/aromatic N) is 1. The van der Waals surface area contributed by atoms with Gasteiger partial charge in [0.15, 0.2) is 0 Å². The fourth-order valence-corrected chi connectivity index (χ4v) is 3.55. The molecule has 1 aromatic heterocycles. The second kappa shape index (κ2) is 6.96. The molecule has 1 heterocycles. The van der Waals surface area contributed by atoms with Crippen LogP contribution >= 0.6 is 11.3 Å². The van der Waals surface area contributed by atoms with E-state index in [1.54, 1.807) is 11.3 Å². The number of amides is 2. The van der Waals surface area contributed by atoms with E-state index in [4.69, 9.17) is 0 Å². The number of aromatic nitrogens is 1. The highest BCUT2D eigenvalue weighted by molar-refractivity contribution is 7.09. The lowest BCUT2D eigenvalue weighted by atomic mass is 9.85. The molecule has 1 aliphatic rings. The van der Waals surface area contributed by atoms with Crippen molar-refractivity contribution in [2.45, 2.75) is 70.4 Å². The highest BCUT2D eigenvalue weighted by atomic mass is 32.1. The van der Waals surface area contributed by atoms with E-state index in [9.17, 15) is 9.90 Å². The van der Waals surface area contributed by atoms with Crippen molar-refractivity contribution in [3.05, 3.63) is 16.1 Å². The predicted octanol–water partition coefficient (Wildman–Crippen LogP) is 2.94. The van der Waals surface area contributed by atoms with Crippen molar-refractivity contribution >= 4 is 17.4 Å². The van der Waals surface area contributed by atoms with Crippen LogP contribution in [0.4, 0.5) is 4.79 Å². The summed E-state index contributed by atoms with van der Waals surface area (Å²) >= 11 is 1.56. The summed E-state index contributed by atoms with van der Waals surface area (Å²) in [6.45, 7) is 7.11. The Hall–Kier alpha value is -1.14. The standard InChI is InChI=1S/C16H27N3O2S/c1-15(2,3)12-10-22-13(19-12)9-17-14(20)18-11-16(21)7-5-4-6-8-16/h10,21H,4-9,11H2,1-3H3,(H2,17,18,20). The summed E-state index contributed by atoms with van der Waals surface area (Å²) in [7, 11) is 0. The minimum atomic E-state index is -0.726. The first-order chi connectivity index (χ1) is 10.3. The molecule has 22 heavy (non-hydrogen) atoms. The molecule has 0 aliphatic heterocycles. The highest BCUT2D eigenvalue weighted by Crippen LogP contribution is 2.27. The first-order valence-corrected chi connectivity index (χ1v) is 8.85. The average molecular weight is 325 g/mol. The van der Waals surface area contributed by atoms with Crippen molar-refractivity contribution in [2.75, 3.05) is 6.54 Å². The van der Waals surface area contributed by atoms with Crippen molar-refractivity contribution in [1.29, 1.82) is 0 Å². The van der Waals surface area contributed by atoms with Crippen LogP contribution in [0.2, 0.25) is 0 Å². The molecule has 6 heteroatoms. The van der Waals surface area contributed by atoms with Crippen LogP contribution in [0.5, 0.6) is 0 Å².